The van der Waals surface area contributed by atoms with Crippen LogP contribution in [-0.4, -0.2) is 48.9 Å². The van der Waals surface area contributed by atoms with E-state index in [1.165, 1.54) is 19.2 Å². The molecule has 2 amide bonds. The first-order valence-electron chi connectivity index (χ1n) is 11.5. The van der Waals surface area contributed by atoms with E-state index in [4.69, 9.17) is 4.74 Å². The SMILES string of the molecule is COC(=O)[C@H](Cc1ccc(I)cc1)NC(=O)CC1CCN(C(=O)CCc2cccc(F)c2)CC1. The first-order valence-corrected chi connectivity index (χ1v) is 12.6. The largest absolute Gasteiger partial charge is 0.467 e. The summed E-state index contributed by atoms with van der Waals surface area (Å²) in [6.45, 7) is 1.20. The molecule has 1 atom stereocenters. The van der Waals surface area contributed by atoms with Gasteiger partial charge in [-0.25, -0.2) is 9.18 Å². The number of methoxy groups -OCH3 is 1. The molecule has 1 aliphatic heterocycles. The van der Waals surface area contributed by atoms with Gasteiger partial charge in [-0.1, -0.05) is 24.3 Å². The maximum absolute atomic E-state index is 13.3. The lowest BCUT2D eigenvalue weighted by molar-refractivity contribution is -0.145. The molecule has 1 fully saturated rings. The van der Waals surface area contributed by atoms with Crippen LogP contribution in [-0.2, 0) is 32.0 Å². The first-order chi connectivity index (χ1) is 16.3. The number of hydrogen-bond acceptors (Lipinski definition) is 4. The number of ether oxygens (including phenoxy) is 1. The van der Waals surface area contributed by atoms with Crippen LogP contribution in [0.15, 0.2) is 48.5 Å². The van der Waals surface area contributed by atoms with E-state index in [2.05, 4.69) is 27.9 Å². The number of piperidine rings is 1. The second-order valence-electron chi connectivity index (χ2n) is 8.63. The molecule has 0 radical (unpaired) electrons. The monoisotopic (exact) mass is 580 g/mol. The van der Waals surface area contributed by atoms with Gasteiger partial charge in [-0.15, -0.1) is 0 Å². The number of hydrogen-bond donors (Lipinski definition) is 1. The molecule has 1 saturated heterocycles. The maximum Gasteiger partial charge on any atom is 0.328 e. The van der Waals surface area contributed by atoms with Gasteiger partial charge in [0.1, 0.15) is 11.9 Å². The molecular formula is C26H30FIN2O4. The van der Waals surface area contributed by atoms with Crippen LogP contribution in [0.4, 0.5) is 4.39 Å². The Bertz CT molecular complexity index is 991. The summed E-state index contributed by atoms with van der Waals surface area (Å²) in [5, 5.41) is 2.83. The smallest absolute Gasteiger partial charge is 0.328 e. The van der Waals surface area contributed by atoms with Crippen molar-refractivity contribution in [2.45, 2.75) is 44.6 Å². The Morgan fingerprint density at radius 2 is 1.82 bits per heavy atom. The summed E-state index contributed by atoms with van der Waals surface area (Å²) in [4.78, 5) is 39.2. The van der Waals surface area contributed by atoms with E-state index in [1.54, 1.807) is 6.07 Å². The van der Waals surface area contributed by atoms with Crippen LogP contribution in [0.5, 0.6) is 0 Å². The molecule has 34 heavy (non-hydrogen) atoms. The van der Waals surface area contributed by atoms with E-state index in [-0.39, 0.29) is 23.5 Å². The van der Waals surface area contributed by atoms with Crippen LogP contribution in [0.2, 0.25) is 0 Å². The fourth-order valence-corrected chi connectivity index (χ4v) is 4.56. The molecule has 1 aliphatic rings. The number of rotatable bonds is 9. The third kappa shape index (κ3) is 8.07. The van der Waals surface area contributed by atoms with Gasteiger partial charge in [0.05, 0.1) is 7.11 Å². The third-order valence-corrected chi connectivity index (χ3v) is 6.85. The summed E-state index contributed by atoms with van der Waals surface area (Å²) in [6.07, 6.45) is 3.00. The van der Waals surface area contributed by atoms with Crippen molar-refractivity contribution >= 4 is 40.4 Å². The molecule has 2 aromatic carbocycles. The molecule has 2 aromatic rings. The minimum atomic E-state index is -0.734. The number of nitrogens with zero attached hydrogens (tertiary/aromatic N) is 1. The van der Waals surface area contributed by atoms with Crippen molar-refractivity contribution in [3.63, 3.8) is 0 Å². The molecule has 0 aliphatic carbocycles. The standard InChI is InChI=1S/C26H30FIN2O4/c1-34-26(33)23(16-19-5-8-22(28)9-6-19)29-24(31)17-20-11-13-30(14-12-20)25(32)10-7-18-3-2-4-21(27)15-18/h2-6,8-9,15,20,23H,7,10-14,16-17H2,1H3,(H,29,31)/t23-/m0/s1. The van der Waals surface area contributed by atoms with Crippen LogP contribution >= 0.6 is 22.6 Å². The predicted octanol–water partition coefficient (Wildman–Crippen LogP) is 3.89. The van der Waals surface area contributed by atoms with Crippen molar-refractivity contribution in [2.75, 3.05) is 20.2 Å². The zero-order valence-electron chi connectivity index (χ0n) is 19.3. The van der Waals surface area contributed by atoms with Crippen molar-refractivity contribution < 1.29 is 23.5 Å². The van der Waals surface area contributed by atoms with Crippen molar-refractivity contribution in [3.8, 4) is 0 Å². The van der Waals surface area contributed by atoms with Crippen molar-refractivity contribution in [2.24, 2.45) is 5.92 Å². The van der Waals surface area contributed by atoms with E-state index in [9.17, 15) is 18.8 Å². The van der Waals surface area contributed by atoms with Gasteiger partial charge in [0.15, 0.2) is 0 Å². The Morgan fingerprint density at radius 1 is 1.12 bits per heavy atom. The summed E-state index contributed by atoms with van der Waals surface area (Å²) in [6, 6.07) is 13.4. The summed E-state index contributed by atoms with van der Waals surface area (Å²) < 4.78 is 19.3. The highest BCUT2D eigenvalue weighted by molar-refractivity contribution is 14.1. The Hall–Kier alpha value is -2.49. The Balaban J connectivity index is 1.43. The lowest BCUT2D eigenvalue weighted by Gasteiger charge is -2.32. The zero-order chi connectivity index (χ0) is 24.5. The molecule has 8 heteroatoms. The number of halogens is 2. The van der Waals surface area contributed by atoms with Gasteiger partial charge < -0.3 is 15.0 Å². The minimum absolute atomic E-state index is 0.0513. The highest BCUT2D eigenvalue weighted by atomic mass is 127. The van der Waals surface area contributed by atoms with E-state index in [0.717, 1.165) is 27.5 Å². The van der Waals surface area contributed by atoms with Gasteiger partial charge in [-0.2, -0.15) is 0 Å². The highest BCUT2D eigenvalue weighted by Crippen LogP contribution is 2.22. The second-order valence-corrected chi connectivity index (χ2v) is 9.88. The summed E-state index contributed by atoms with van der Waals surface area (Å²) in [7, 11) is 1.32. The molecule has 1 N–H and O–H groups in total. The fourth-order valence-electron chi connectivity index (χ4n) is 4.20. The Kier molecular flexibility index (Phi) is 9.86. The van der Waals surface area contributed by atoms with Crippen LogP contribution in [0.1, 0.15) is 36.8 Å². The fraction of sp³-hybridized carbons (Fsp3) is 0.423. The van der Waals surface area contributed by atoms with E-state index in [0.29, 0.717) is 38.8 Å². The molecule has 0 aromatic heterocycles. The molecular weight excluding hydrogens is 550 g/mol. The van der Waals surface area contributed by atoms with Gasteiger partial charge in [-0.05, 0) is 83.2 Å². The topological polar surface area (TPSA) is 75.7 Å². The number of carbonyl (C=O) groups is 3. The Labute approximate surface area is 213 Å². The van der Waals surface area contributed by atoms with Gasteiger partial charge >= 0.3 is 5.97 Å². The van der Waals surface area contributed by atoms with E-state index < -0.39 is 12.0 Å². The number of benzene rings is 2. The lowest BCUT2D eigenvalue weighted by Crippen LogP contribution is -2.44. The third-order valence-electron chi connectivity index (χ3n) is 6.13. The minimum Gasteiger partial charge on any atom is -0.467 e. The van der Waals surface area contributed by atoms with Crippen LogP contribution in [0, 0.1) is 15.3 Å². The first kappa shape index (κ1) is 26.1. The number of likely N-dealkylation sites (tertiary alicyclic amines) is 1. The summed E-state index contributed by atoms with van der Waals surface area (Å²) >= 11 is 2.22. The molecule has 1 heterocycles. The van der Waals surface area contributed by atoms with Crippen LogP contribution < -0.4 is 5.32 Å². The van der Waals surface area contributed by atoms with E-state index in [1.807, 2.05) is 35.2 Å². The number of nitrogens with one attached hydrogen (secondary N) is 1. The van der Waals surface area contributed by atoms with E-state index >= 15 is 0 Å². The number of aryl methyl sites for hydroxylation is 1. The molecule has 182 valence electrons. The summed E-state index contributed by atoms with van der Waals surface area (Å²) in [5.74, 6) is -0.737. The van der Waals surface area contributed by atoms with Crippen LogP contribution in [0.25, 0.3) is 0 Å². The molecule has 3 rings (SSSR count). The highest BCUT2D eigenvalue weighted by Gasteiger charge is 2.27. The quantitative estimate of drug-likeness (QED) is 0.361. The molecule has 6 nitrogen and oxygen atoms in total. The van der Waals surface area contributed by atoms with Crippen molar-refractivity contribution in [3.05, 3.63) is 69.0 Å². The zero-order valence-corrected chi connectivity index (χ0v) is 21.4. The van der Waals surface area contributed by atoms with Crippen molar-refractivity contribution in [1.82, 2.24) is 10.2 Å². The van der Waals surface area contributed by atoms with Crippen LogP contribution in [0.3, 0.4) is 0 Å². The van der Waals surface area contributed by atoms with Crippen molar-refractivity contribution in [1.29, 1.82) is 0 Å². The molecule has 0 spiro atoms. The number of carbonyl (C=O) groups excluding carboxylic acids is 3. The second kappa shape index (κ2) is 12.8. The molecule has 0 saturated carbocycles. The average molecular weight is 580 g/mol. The lowest BCUT2D eigenvalue weighted by atomic mass is 9.92. The number of amides is 2. The number of esters is 1. The molecule has 0 bridgehead atoms. The van der Waals surface area contributed by atoms with Gasteiger partial charge in [0.2, 0.25) is 11.8 Å². The Morgan fingerprint density at radius 3 is 2.47 bits per heavy atom. The van der Waals surface area contributed by atoms with Gasteiger partial charge in [0, 0.05) is 35.9 Å². The summed E-state index contributed by atoms with van der Waals surface area (Å²) in [5.41, 5.74) is 1.76. The predicted molar refractivity (Wildman–Crippen MR) is 135 cm³/mol. The average Bonchev–Trinajstić information content (AvgIpc) is 2.83. The van der Waals surface area contributed by atoms with Gasteiger partial charge in [0.25, 0.3) is 0 Å². The maximum atomic E-state index is 13.3. The molecule has 0 unspecified atom stereocenters. The normalized spacial score (nSPS) is 15.0. The van der Waals surface area contributed by atoms with Gasteiger partial charge in [-0.3, -0.25) is 9.59 Å².